The van der Waals surface area contributed by atoms with Crippen LogP contribution in [0.4, 0.5) is 11.5 Å². The lowest BCUT2D eigenvalue weighted by Crippen LogP contribution is -2.19. The first kappa shape index (κ1) is 10.4. The Labute approximate surface area is 80.7 Å². The lowest BCUT2D eigenvalue weighted by Gasteiger charge is -2.10. The van der Waals surface area contributed by atoms with E-state index >= 15 is 0 Å². The SMILES string of the molecule is CC(CO)Nc1cc([N+](=O)[O-])ccn1. The summed E-state index contributed by atoms with van der Waals surface area (Å²) in [5.74, 6) is 0.390. The van der Waals surface area contributed by atoms with E-state index in [9.17, 15) is 10.1 Å². The molecule has 0 bridgehead atoms. The van der Waals surface area contributed by atoms with Crippen LogP contribution in [0.5, 0.6) is 0 Å². The highest BCUT2D eigenvalue weighted by atomic mass is 16.6. The third-order valence-corrected chi connectivity index (χ3v) is 1.62. The van der Waals surface area contributed by atoms with E-state index in [-0.39, 0.29) is 18.3 Å². The van der Waals surface area contributed by atoms with Crippen molar-refractivity contribution in [3.05, 3.63) is 28.4 Å². The zero-order chi connectivity index (χ0) is 10.6. The molecule has 0 radical (unpaired) electrons. The molecular formula is C8H11N3O3. The molecule has 1 aromatic rings. The predicted molar refractivity (Wildman–Crippen MR) is 51.1 cm³/mol. The van der Waals surface area contributed by atoms with Gasteiger partial charge in [0.2, 0.25) is 0 Å². The van der Waals surface area contributed by atoms with Gasteiger partial charge in [0.25, 0.3) is 5.69 Å². The number of nitrogens with one attached hydrogen (secondary N) is 1. The van der Waals surface area contributed by atoms with Crippen molar-refractivity contribution in [1.82, 2.24) is 4.98 Å². The zero-order valence-corrected chi connectivity index (χ0v) is 7.67. The van der Waals surface area contributed by atoms with Gasteiger partial charge in [0.1, 0.15) is 5.82 Å². The minimum absolute atomic E-state index is 0.0207. The smallest absolute Gasteiger partial charge is 0.274 e. The summed E-state index contributed by atoms with van der Waals surface area (Å²) < 4.78 is 0. The Balaban J connectivity index is 2.78. The third-order valence-electron chi connectivity index (χ3n) is 1.62. The van der Waals surface area contributed by atoms with E-state index in [1.807, 2.05) is 0 Å². The van der Waals surface area contributed by atoms with Crippen LogP contribution in [0.1, 0.15) is 6.92 Å². The van der Waals surface area contributed by atoms with E-state index in [0.717, 1.165) is 0 Å². The zero-order valence-electron chi connectivity index (χ0n) is 7.67. The van der Waals surface area contributed by atoms with Gasteiger partial charge in [-0.05, 0) is 6.92 Å². The second kappa shape index (κ2) is 4.52. The van der Waals surface area contributed by atoms with Crippen molar-refractivity contribution in [2.45, 2.75) is 13.0 Å². The number of aromatic nitrogens is 1. The topological polar surface area (TPSA) is 88.3 Å². The normalized spacial score (nSPS) is 12.1. The monoisotopic (exact) mass is 197 g/mol. The van der Waals surface area contributed by atoms with E-state index < -0.39 is 4.92 Å². The number of hydrogen-bond donors (Lipinski definition) is 2. The van der Waals surface area contributed by atoms with Gasteiger partial charge in [-0.2, -0.15) is 0 Å². The van der Waals surface area contributed by atoms with Crippen molar-refractivity contribution >= 4 is 11.5 Å². The maximum Gasteiger partial charge on any atom is 0.274 e. The van der Waals surface area contributed by atoms with Crippen LogP contribution in [0.3, 0.4) is 0 Å². The first-order valence-corrected chi connectivity index (χ1v) is 4.11. The molecule has 6 heteroatoms. The highest BCUT2D eigenvalue weighted by molar-refractivity contribution is 5.44. The summed E-state index contributed by atoms with van der Waals surface area (Å²) in [6.07, 6.45) is 1.35. The fourth-order valence-electron chi connectivity index (χ4n) is 0.910. The lowest BCUT2D eigenvalue weighted by atomic mass is 10.3. The Hall–Kier alpha value is -1.69. The first-order valence-electron chi connectivity index (χ1n) is 4.11. The molecule has 0 saturated heterocycles. The summed E-state index contributed by atoms with van der Waals surface area (Å²) in [5, 5.41) is 22.0. The molecule has 1 rings (SSSR count). The van der Waals surface area contributed by atoms with Crippen LogP contribution < -0.4 is 5.32 Å². The summed E-state index contributed by atoms with van der Waals surface area (Å²) in [7, 11) is 0. The molecule has 1 aromatic heterocycles. The number of anilines is 1. The lowest BCUT2D eigenvalue weighted by molar-refractivity contribution is -0.384. The van der Waals surface area contributed by atoms with Gasteiger partial charge >= 0.3 is 0 Å². The molecule has 1 heterocycles. The Morgan fingerprint density at radius 3 is 3.07 bits per heavy atom. The summed E-state index contributed by atoms with van der Waals surface area (Å²) >= 11 is 0. The van der Waals surface area contributed by atoms with Gasteiger partial charge in [0.05, 0.1) is 17.6 Å². The van der Waals surface area contributed by atoms with Crippen LogP contribution in [0.25, 0.3) is 0 Å². The number of nitrogens with zero attached hydrogens (tertiary/aromatic N) is 2. The van der Waals surface area contributed by atoms with Crippen molar-refractivity contribution in [2.75, 3.05) is 11.9 Å². The number of aliphatic hydroxyl groups excluding tert-OH is 1. The molecule has 0 saturated carbocycles. The molecule has 1 atom stereocenters. The fourth-order valence-corrected chi connectivity index (χ4v) is 0.910. The van der Waals surface area contributed by atoms with E-state index in [2.05, 4.69) is 10.3 Å². The summed E-state index contributed by atoms with van der Waals surface area (Å²) in [6.45, 7) is 1.70. The van der Waals surface area contributed by atoms with Crippen molar-refractivity contribution in [3.8, 4) is 0 Å². The molecule has 0 aliphatic rings. The maximum absolute atomic E-state index is 10.4. The minimum Gasteiger partial charge on any atom is -0.394 e. The van der Waals surface area contributed by atoms with Crippen molar-refractivity contribution in [3.63, 3.8) is 0 Å². The number of hydrogen-bond acceptors (Lipinski definition) is 5. The van der Waals surface area contributed by atoms with Crippen LogP contribution in [0.2, 0.25) is 0 Å². The van der Waals surface area contributed by atoms with Crippen LogP contribution in [-0.4, -0.2) is 27.7 Å². The average Bonchev–Trinajstić information content (AvgIpc) is 2.18. The third kappa shape index (κ3) is 2.67. The van der Waals surface area contributed by atoms with Gasteiger partial charge in [-0.15, -0.1) is 0 Å². The molecule has 0 aliphatic heterocycles. The second-order valence-electron chi connectivity index (χ2n) is 2.88. The molecule has 0 aromatic carbocycles. The van der Waals surface area contributed by atoms with Gasteiger partial charge in [-0.25, -0.2) is 4.98 Å². The quantitative estimate of drug-likeness (QED) is 0.550. The first-order chi connectivity index (χ1) is 6.63. The second-order valence-corrected chi connectivity index (χ2v) is 2.88. The predicted octanol–water partition coefficient (Wildman–Crippen LogP) is 0.782. The van der Waals surface area contributed by atoms with Gasteiger partial charge < -0.3 is 10.4 Å². The molecule has 0 amide bonds. The molecule has 6 nitrogen and oxygen atoms in total. The van der Waals surface area contributed by atoms with Crippen LogP contribution >= 0.6 is 0 Å². The number of aliphatic hydroxyl groups is 1. The van der Waals surface area contributed by atoms with E-state index in [4.69, 9.17) is 5.11 Å². The molecule has 0 spiro atoms. The van der Waals surface area contributed by atoms with Gasteiger partial charge in [0, 0.05) is 18.3 Å². The molecule has 0 aliphatic carbocycles. The van der Waals surface area contributed by atoms with E-state index in [0.29, 0.717) is 5.82 Å². The van der Waals surface area contributed by atoms with Gasteiger partial charge in [-0.1, -0.05) is 0 Å². The van der Waals surface area contributed by atoms with Crippen molar-refractivity contribution in [2.24, 2.45) is 0 Å². The minimum atomic E-state index is -0.490. The molecule has 76 valence electrons. The van der Waals surface area contributed by atoms with Gasteiger partial charge in [-0.3, -0.25) is 10.1 Å². The largest absolute Gasteiger partial charge is 0.394 e. The van der Waals surface area contributed by atoms with Gasteiger partial charge in [0.15, 0.2) is 0 Å². The van der Waals surface area contributed by atoms with E-state index in [1.165, 1.54) is 18.3 Å². The van der Waals surface area contributed by atoms with E-state index in [1.54, 1.807) is 6.92 Å². The van der Waals surface area contributed by atoms with Crippen LogP contribution in [0, 0.1) is 10.1 Å². The number of rotatable bonds is 4. The maximum atomic E-state index is 10.4. The Morgan fingerprint density at radius 2 is 2.50 bits per heavy atom. The standard InChI is InChI=1S/C8H11N3O3/c1-6(5-12)10-8-4-7(11(13)14)2-3-9-8/h2-4,6,12H,5H2,1H3,(H,9,10). The fraction of sp³-hybridized carbons (Fsp3) is 0.375. The Morgan fingerprint density at radius 1 is 1.79 bits per heavy atom. The number of pyridine rings is 1. The average molecular weight is 197 g/mol. The Bertz CT molecular complexity index is 329. The molecule has 14 heavy (non-hydrogen) atoms. The molecular weight excluding hydrogens is 186 g/mol. The Kier molecular flexibility index (Phi) is 3.35. The highest BCUT2D eigenvalue weighted by Gasteiger charge is 2.07. The van der Waals surface area contributed by atoms with Crippen molar-refractivity contribution in [1.29, 1.82) is 0 Å². The summed E-state index contributed by atoms with van der Waals surface area (Å²) in [5.41, 5.74) is -0.0207. The molecule has 2 N–H and O–H groups in total. The van der Waals surface area contributed by atoms with Crippen LogP contribution in [0.15, 0.2) is 18.3 Å². The summed E-state index contributed by atoms with van der Waals surface area (Å²) in [6, 6.07) is 2.46. The number of nitro groups is 1. The molecule has 1 unspecified atom stereocenters. The highest BCUT2D eigenvalue weighted by Crippen LogP contribution is 2.14. The van der Waals surface area contributed by atoms with Crippen molar-refractivity contribution < 1.29 is 10.0 Å². The van der Waals surface area contributed by atoms with Crippen LogP contribution in [-0.2, 0) is 0 Å². The summed E-state index contributed by atoms with van der Waals surface area (Å²) in [4.78, 5) is 13.8. The molecule has 0 fully saturated rings.